The van der Waals surface area contributed by atoms with Gasteiger partial charge in [-0.05, 0) is 24.6 Å². The van der Waals surface area contributed by atoms with E-state index in [4.69, 9.17) is 9.47 Å². The number of hydrogen-bond acceptors (Lipinski definition) is 5. The fraction of sp³-hybridized carbons (Fsp3) is 0.211. The summed E-state index contributed by atoms with van der Waals surface area (Å²) in [7, 11) is 0. The first-order chi connectivity index (χ1) is 12.6. The molecule has 0 bridgehead atoms. The summed E-state index contributed by atoms with van der Waals surface area (Å²) in [6.07, 6.45) is -1.69. The lowest BCUT2D eigenvalue weighted by molar-refractivity contribution is -0.149. The van der Waals surface area contributed by atoms with Crippen LogP contribution in [0.5, 0.6) is 0 Å². The fourth-order valence-corrected chi connectivity index (χ4v) is 2.71. The number of rotatable bonds is 5. The zero-order valence-electron chi connectivity index (χ0n) is 14.1. The van der Waals surface area contributed by atoms with Crippen LogP contribution in [0.2, 0.25) is 0 Å². The lowest BCUT2D eigenvalue weighted by atomic mass is 10.0. The fourth-order valence-electron chi connectivity index (χ4n) is 2.71. The van der Waals surface area contributed by atoms with Crippen molar-refractivity contribution in [2.45, 2.75) is 19.1 Å². The van der Waals surface area contributed by atoms with Crippen LogP contribution in [-0.2, 0) is 14.3 Å². The third-order valence-electron chi connectivity index (χ3n) is 3.90. The van der Waals surface area contributed by atoms with E-state index in [0.717, 1.165) is 5.01 Å². The summed E-state index contributed by atoms with van der Waals surface area (Å²) in [6.45, 7) is 1.81. The molecule has 7 heteroatoms. The molecule has 1 saturated heterocycles. The van der Waals surface area contributed by atoms with Gasteiger partial charge in [-0.1, -0.05) is 48.5 Å². The van der Waals surface area contributed by atoms with Crippen molar-refractivity contribution < 1.29 is 23.9 Å². The van der Waals surface area contributed by atoms with Gasteiger partial charge in [-0.15, -0.1) is 0 Å². The molecule has 7 nitrogen and oxygen atoms in total. The Hall–Kier alpha value is -3.35. The number of nitrogens with one attached hydrogen (secondary N) is 1. The molecule has 3 rings (SSSR count). The Kier molecular flexibility index (Phi) is 5.17. The van der Waals surface area contributed by atoms with Crippen molar-refractivity contribution in [2.75, 3.05) is 6.61 Å². The molecule has 0 unspecified atom stereocenters. The van der Waals surface area contributed by atoms with Crippen LogP contribution in [0.25, 0.3) is 0 Å². The van der Waals surface area contributed by atoms with Gasteiger partial charge >= 0.3 is 12.1 Å². The highest BCUT2D eigenvalue weighted by atomic mass is 16.6. The van der Waals surface area contributed by atoms with Gasteiger partial charge < -0.3 is 9.47 Å². The van der Waals surface area contributed by atoms with Crippen molar-refractivity contribution in [3.63, 3.8) is 0 Å². The Bertz CT molecular complexity index is 794. The van der Waals surface area contributed by atoms with E-state index in [-0.39, 0.29) is 6.61 Å². The number of hydrogen-bond donors (Lipinski definition) is 1. The van der Waals surface area contributed by atoms with E-state index in [9.17, 15) is 14.4 Å². The average molecular weight is 354 g/mol. The lowest BCUT2D eigenvalue weighted by Crippen LogP contribution is -2.51. The van der Waals surface area contributed by atoms with Gasteiger partial charge in [-0.25, -0.2) is 9.59 Å². The molecular weight excluding hydrogens is 336 g/mol. The molecule has 2 aromatic rings. The van der Waals surface area contributed by atoms with Crippen molar-refractivity contribution in [2.24, 2.45) is 0 Å². The number of carbonyl (C=O) groups excluding carboxylic acids is 3. The molecule has 2 amide bonds. The Morgan fingerprint density at radius 3 is 2.31 bits per heavy atom. The SMILES string of the molecule is CCOC(=O)[C@@H]1[C@@H](c2ccccc2)OC(=O)N1NC(=O)c1ccccc1. The van der Waals surface area contributed by atoms with Crippen LogP contribution in [-0.4, -0.2) is 35.6 Å². The summed E-state index contributed by atoms with van der Waals surface area (Å²) in [5, 5.41) is 0.894. The van der Waals surface area contributed by atoms with E-state index < -0.39 is 30.1 Å². The van der Waals surface area contributed by atoms with Gasteiger partial charge in [-0.2, -0.15) is 5.01 Å². The molecule has 0 radical (unpaired) electrons. The number of ether oxygens (including phenoxy) is 2. The summed E-state index contributed by atoms with van der Waals surface area (Å²) in [4.78, 5) is 37.2. The highest BCUT2D eigenvalue weighted by molar-refractivity contribution is 5.96. The van der Waals surface area contributed by atoms with Crippen LogP contribution in [0, 0.1) is 0 Å². The monoisotopic (exact) mass is 354 g/mol. The molecule has 1 fully saturated rings. The summed E-state index contributed by atoms with van der Waals surface area (Å²) in [6, 6.07) is 16.1. The van der Waals surface area contributed by atoms with Crippen molar-refractivity contribution in [1.29, 1.82) is 0 Å². The highest BCUT2D eigenvalue weighted by Gasteiger charge is 2.49. The Morgan fingerprint density at radius 2 is 1.69 bits per heavy atom. The summed E-state index contributed by atoms with van der Waals surface area (Å²) < 4.78 is 10.4. The van der Waals surface area contributed by atoms with Crippen molar-refractivity contribution in [1.82, 2.24) is 10.4 Å². The smallest absolute Gasteiger partial charge is 0.430 e. The quantitative estimate of drug-likeness (QED) is 0.834. The molecule has 1 heterocycles. The average Bonchev–Trinajstić information content (AvgIpc) is 3.00. The zero-order chi connectivity index (χ0) is 18.5. The molecular formula is C19H18N2O5. The first-order valence-electron chi connectivity index (χ1n) is 8.19. The topological polar surface area (TPSA) is 84.9 Å². The number of benzene rings is 2. The highest BCUT2D eigenvalue weighted by Crippen LogP contribution is 2.32. The Labute approximate surface area is 150 Å². The first-order valence-corrected chi connectivity index (χ1v) is 8.19. The molecule has 1 aliphatic rings. The maximum atomic E-state index is 12.5. The summed E-state index contributed by atoms with van der Waals surface area (Å²) >= 11 is 0. The number of amides is 2. The maximum absolute atomic E-state index is 12.5. The van der Waals surface area contributed by atoms with Gasteiger partial charge in [0, 0.05) is 5.56 Å². The van der Waals surface area contributed by atoms with Crippen molar-refractivity contribution in [3.05, 3.63) is 71.8 Å². The second kappa shape index (κ2) is 7.69. The Balaban J connectivity index is 1.88. The number of hydrazine groups is 1. The summed E-state index contributed by atoms with van der Waals surface area (Å²) in [5.74, 6) is -1.17. The van der Waals surface area contributed by atoms with Gasteiger partial charge in [0.2, 0.25) is 0 Å². The van der Waals surface area contributed by atoms with E-state index in [0.29, 0.717) is 11.1 Å². The largest absolute Gasteiger partial charge is 0.464 e. The van der Waals surface area contributed by atoms with Crippen LogP contribution in [0.15, 0.2) is 60.7 Å². The minimum atomic E-state index is -1.11. The molecule has 2 atom stereocenters. The van der Waals surface area contributed by atoms with Crippen molar-refractivity contribution >= 4 is 18.0 Å². The standard InChI is InChI=1S/C19H18N2O5/c1-2-25-18(23)15-16(13-9-5-3-6-10-13)26-19(24)21(15)20-17(22)14-11-7-4-8-12-14/h3-12,15-16H,2H2,1H3,(H,20,22)/t15-,16+/m0/s1. The van der Waals surface area contributed by atoms with E-state index >= 15 is 0 Å². The van der Waals surface area contributed by atoms with Crippen LogP contribution < -0.4 is 5.43 Å². The van der Waals surface area contributed by atoms with Gasteiger partial charge in [0.15, 0.2) is 12.1 Å². The number of esters is 1. The van der Waals surface area contributed by atoms with E-state index in [1.807, 2.05) is 6.07 Å². The number of nitrogens with zero attached hydrogens (tertiary/aromatic N) is 1. The third kappa shape index (κ3) is 3.51. The van der Waals surface area contributed by atoms with Gasteiger partial charge in [0.05, 0.1) is 6.61 Å². The molecule has 0 spiro atoms. The number of carbonyl (C=O) groups is 3. The second-order valence-corrected chi connectivity index (χ2v) is 5.59. The summed E-state index contributed by atoms with van der Waals surface area (Å²) in [5.41, 5.74) is 3.44. The van der Waals surface area contributed by atoms with Crippen LogP contribution in [0.1, 0.15) is 28.9 Å². The Morgan fingerprint density at radius 1 is 1.08 bits per heavy atom. The molecule has 1 aliphatic heterocycles. The predicted octanol–water partition coefficient (Wildman–Crippen LogP) is 2.46. The van der Waals surface area contributed by atoms with Crippen molar-refractivity contribution in [3.8, 4) is 0 Å². The molecule has 134 valence electrons. The van der Waals surface area contributed by atoms with Gasteiger partial charge in [0.1, 0.15) is 0 Å². The maximum Gasteiger partial charge on any atom is 0.430 e. The van der Waals surface area contributed by atoms with Crippen LogP contribution in [0.4, 0.5) is 4.79 Å². The van der Waals surface area contributed by atoms with E-state index in [2.05, 4.69) is 5.43 Å². The molecule has 0 aromatic heterocycles. The number of cyclic esters (lactones) is 1. The molecule has 26 heavy (non-hydrogen) atoms. The second-order valence-electron chi connectivity index (χ2n) is 5.59. The lowest BCUT2D eigenvalue weighted by Gasteiger charge is -2.23. The molecule has 0 aliphatic carbocycles. The predicted molar refractivity (Wildman–Crippen MR) is 91.8 cm³/mol. The van der Waals surface area contributed by atoms with Crippen LogP contribution in [0.3, 0.4) is 0 Å². The minimum absolute atomic E-state index is 0.144. The first kappa shape index (κ1) is 17.5. The minimum Gasteiger partial charge on any atom is -0.464 e. The molecule has 0 saturated carbocycles. The van der Waals surface area contributed by atoms with E-state index in [1.165, 1.54) is 0 Å². The van der Waals surface area contributed by atoms with E-state index in [1.54, 1.807) is 61.5 Å². The van der Waals surface area contributed by atoms with Crippen LogP contribution >= 0.6 is 0 Å². The van der Waals surface area contributed by atoms with Gasteiger partial charge in [-0.3, -0.25) is 10.2 Å². The third-order valence-corrected chi connectivity index (χ3v) is 3.90. The zero-order valence-corrected chi connectivity index (χ0v) is 14.1. The molecule has 2 aromatic carbocycles. The van der Waals surface area contributed by atoms with Gasteiger partial charge in [0.25, 0.3) is 5.91 Å². The normalized spacial score (nSPS) is 19.0. The molecule has 1 N–H and O–H groups in total.